The number of aliphatic carboxylic acids is 1. The van der Waals surface area contributed by atoms with E-state index in [1.807, 2.05) is 24.3 Å². The Morgan fingerprint density at radius 1 is 0.971 bits per heavy atom. The lowest BCUT2D eigenvalue weighted by molar-refractivity contribution is -0.147. The quantitative estimate of drug-likeness (QED) is 0.676. The van der Waals surface area contributed by atoms with E-state index in [1.54, 1.807) is 11.8 Å². The molecule has 7 nitrogen and oxygen atoms in total. The van der Waals surface area contributed by atoms with Crippen molar-refractivity contribution >= 4 is 18.0 Å². The second kappa shape index (κ2) is 8.78. The van der Waals surface area contributed by atoms with Gasteiger partial charge in [0.2, 0.25) is 5.91 Å². The molecule has 1 atom stereocenters. The first-order chi connectivity index (χ1) is 16.4. The Kier molecular flexibility index (Phi) is 5.80. The zero-order valence-electron chi connectivity index (χ0n) is 19.3. The first-order valence-corrected chi connectivity index (χ1v) is 12.0. The van der Waals surface area contributed by atoms with Crippen LogP contribution in [0.2, 0.25) is 0 Å². The van der Waals surface area contributed by atoms with Crippen molar-refractivity contribution < 1.29 is 24.2 Å². The molecule has 2 N–H and O–H groups in total. The van der Waals surface area contributed by atoms with Crippen molar-refractivity contribution in [2.24, 2.45) is 11.8 Å². The lowest BCUT2D eigenvalue weighted by atomic mass is 9.91. The number of hydrogen-bond donors (Lipinski definition) is 2. The number of carbonyl (C=O) groups is 3. The highest BCUT2D eigenvalue weighted by atomic mass is 16.5. The topological polar surface area (TPSA) is 95.9 Å². The minimum absolute atomic E-state index is 0.0453. The fraction of sp³-hybridized carbons (Fsp3) is 0.444. The van der Waals surface area contributed by atoms with Gasteiger partial charge in [-0.05, 0) is 60.8 Å². The Morgan fingerprint density at radius 2 is 1.53 bits per heavy atom. The second-order valence-corrected chi connectivity index (χ2v) is 9.83. The molecule has 1 heterocycles. The standard InChI is InChI=1S/C27H30N2O5/c1-27(18-10-11-18,25(32)29-14-12-17(13-15-29)24(30)31)28-26(33)34-16-23-21-8-4-2-6-19(21)20-7-3-5-9-22(20)23/h2-9,17-18,23H,10-16H2,1H3,(H,28,33)(H,30,31). The molecular weight excluding hydrogens is 432 g/mol. The number of hydrogen-bond acceptors (Lipinski definition) is 4. The van der Waals surface area contributed by atoms with Crippen molar-refractivity contribution in [3.63, 3.8) is 0 Å². The number of nitrogens with one attached hydrogen (secondary N) is 1. The maximum absolute atomic E-state index is 13.4. The molecule has 34 heavy (non-hydrogen) atoms. The van der Waals surface area contributed by atoms with E-state index in [2.05, 4.69) is 29.6 Å². The molecule has 0 aromatic heterocycles. The summed E-state index contributed by atoms with van der Waals surface area (Å²) in [6, 6.07) is 16.3. The predicted octanol–water partition coefficient (Wildman–Crippen LogP) is 4.02. The van der Waals surface area contributed by atoms with Crippen LogP contribution < -0.4 is 5.32 Å². The number of amides is 2. The average molecular weight is 463 g/mol. The van der Waals surface area contributed by atoms with Gasteiger partial charge in [0.25, 0.3) is 0 Å². The third-order valence-electron chi connectivity index (χ3n) is 7.67. The predicted molar refractivity (Wildman–Crippen MR) is 126 cm³/mol. The molecule has 5 rings (SSSR count). The number of alkyl carbamates (subject to hydrolysis) is 1. The minimum Gasteiger partial charge on any atom is -0.481 e. The number of benzene rings is 2. The highest BCUT2D eigenvalue weighted by Gasteiger charge is 2.51. The van der Waals surface area contributed by atoms with Gasteiger partial charge in [-0.2, -0.15) is 0 Å². The van der Waals surface area contributed by atoms with Gasteiger partial charge in [0.15, 0.2) is 0 Å². The summed E-state index contributed by atoms with van der Waals surface area (Å²) in [6.45, 7) is 2.76. The third kappa shape index (κ3) is 4.04. The van der Waals surface area contributed by atoms with E-state index < -0.39 is 23.5 Å². The molecule has 1 unspecified atom stereocenters. The van der Waals surface area contributed by atoms with Crippen LogP contribution in [-0.2, 0) is 14.3 Å². The second-order valence-electron chi connectivity index (χ2n) is 9.83. The highest BCUT2D eigenvalue weighted by Crippen LogP contribution is 2.45. The van der Waals surface area contributed by atoms with E-state index in [4.69, 9.17) is 4.74 Å². The van der Waals surface area contributed by atoms with Crippen LogP contribution >= 0.6 is 0 Å². The number of carboxylic acids is 1. The summed E-state index contributed by atoms with van der Waals surface area (Å²) in [4.78, 5) is 39.3. The van der Waals surface area contributed by atoms with E-state index in [9.17, 15) is 19.5 Å². The molecule has 1 saturated heterocycles. The Hall–Kier alpha value is -3.35. The molecule has 0 bridgehead atoms. The first kappa shape index (κ1) is 22.4. The molecule has 2 aliphatic carbocycles. The van der Waals surface area contributed by atoms with Crippen LogP contribution in [0.5, 0.6) is 0 Å². The largest absolute Gasteiger partial charge is 0.481 e. The van der Waals surface area contributed by atoms with Crippen LogP contribution in [-0.4, -0.2) is 53.2 Å². The number of likely N-dealkylation sites (tertiary alicyclic amines) is 1. The van der Waals surface area contributed by atoms with Crippen LogP contribution in [0, 0.1) is 11.8 Å². The Labute approximate surface area is 199 Å². The third-order valence-corrected chi connectivity index (χ3v) is 7.67. The summed E-state index contributed by atoms with van der Waals surface area (Å²) in [5, 5.41) is 12.1. The van der Waals surface area contributed by atoms with E-state index in [0.29, 0.717) is 25.9 Å². The summed E-state index contributed by atoms with van der Waals surface area (Å²) in [5.74, 6) is -1.35. The number of carbonyl (C=O) groups excluding carboxylic acids is 2. The van der Waals surface area contributed by atoms with Gasteiger partial charge in [0.05, 0.1) is 5.92 Å². The van der Waals surface area contributed by atoms with E-state index in [-0.39, 0.29) is 24.3 Å². The highest BCUT2D eigenvalue weighted by molar-refractivity contribution is 5.90. The zero-order chi connectivity index (χ0) is 23.9. The van der Waals surface area contributed by atoms with Crippen molar-refractivity contribution in [3.05, 3.63) is 59.7 Å². The average Bonchev–Trinajstić information content (AvgIpc) is 3.66. The smallest absolute Gasteiger partial charge is 0.408 e. The van der Waals surface area contributed by atoms with Crippen molar-refractivity contribution in [3.8, 4) is 11.1 Å². The number of nitrogens with zero attached hydrogens (tertiary/aromatic N) is 1. The minimum atomic E-state index is -1.04. The summed E-state index contributed by atoms with van der Waals surface area (Å²) in [5.41, 5.74) is 3.56. The first-order valence-electron chi connectivity index (χ1n) is 12.0. The molecule has 0 spiro atoms. The van der Waals surface area contributed by atoms with Crippen LogP contribution in [0.15, 0.2) is 48.5 Å². The van der Waals surface area contributed by atoms with Crippen molar-refractivity contribution in [1.29, 1.82) is 0 Å². The summed E-state index contributed by atoms with van der Waals surface area (Å²) in [6.07, 6.45) is 2.03. The SMILES string of the molecule is CC(NC(=O)OCC1c2ccccc2-c2ccccc21)(C(=O)N1CCC(C(=O)O)CC1)C1CC1. The normalized spacial score (nSPS) is 19.6. The number of ether oxygens (including phenoxy) is 1. The maximum atomic E-state index is 13.4. The van der Waals surface area contributed by atoms with Gasteiger partial charge in [0, 0.05) is 19.0 Å². The number of fused-ring (bicyclic) bond motifs is 3. The lowest BCUT2D eigenvalue weighted by Crippen LogP contribution is -2.60. The van der Waals surface area contributed by atoms with Gasteiger partial charge >= 0.3 is 12.1 Å². The van der Waals surface area contributed by atoms with Crippen LogP contribution in [0.3, 0.4) is 0 Å². The van der Waals surface area contributed by atoms with Gasteiger partial charge in [-0.15, -0.1) is 0 Å². The van der Waals surface area contributed by atoms with Crippen LogP contribution in [0.4, 0.5) is 4.79 Å². The monoisotopic (exact) mass is 462 g/mol. The summed E-state index contributed by atoms with van der Waals surface area (Å²) < 4.78 is 5.70. The number of carboxylic acid groups (broad SMARTS) is 1. The molecule has 2 amide bonds. The fourth-order valence-electron chi connectivity index (χ4n) is 5.50. The molecule has 0 radical (unpaired) electrons. The van der Waals surface area contributed by atoms with Gasteiger partial charge in [-0.3, -0.25) is 9.59 Å². The van der Waals surface area contributed by atoms with Gasteiger partial charge in [-0.1, -0.05) is 48.5 Å². The molecule has 1 aliphatic heterocycles. The Bertz CT molecular complexity index is 1070. The molecule has 2 aromatic rings. The summed E-state index contributed by atoms with van der Waals surface area (Å²) in [7, 11) is 0. The van der Waals surface area contributed by atoms with Gasteiger partial charge in [-0.25, -0.2) is 4.79 Å². The molecule has 2 aromatic carbocycles. The lowest BCUT2D eigenvalue weighted by Gasteiger charge is -2.38. The van der Waals surface area contributed by atoms with Gasteiger partial charge < -0.3 is 20.1 Å². The molecule has 3 aliphatic rings. The zero-order valence-corrected chi connectivity index (χ0v) is 19.3. The molecule has 2 fully saturated rings. The van der Waals surface area contributed by atoms with E-state index in [1.165, 1.54) is 0 Å². The molecule has 1 saturated carbocycles. The number of rotatable bonds is 6. The maximum Gasteiger partial charge on any atom is 0.408 e. The molecule has 178 valence electrons. The Morgan fingerprint density at radius 3 is 2.06 bits per heavy atom. The molecule has 7 heteroatoms. The van der Waals surface area contributed by atoms with Crippen molar-refractivity contribution in [2.75, 3.05) is 19.7 Å². The number of piperidine rings is 1. The summed E-state index contributed by atoms with van der Waals surface area (Å²) >= 11 is 0. The van der Waals surface area contributed by atoms with Crippen LogP contribution in [0.25, 0.3) is 11.1 Å². The van der Waals surface area contributed by atoms with Crippen LogP contribution in [0.1, 0.15) is 49.7 Å². The van der Waals surface area contributed by atoms with Crippen molar-refractivity contribution in [1.82, 2.24) is 10.2 Å². The van der Waals surface area contributed by atoms with Crippen molar-refractivity contribution in [2.45, 2.75) is 44.1 Å². The van der Waals surface area contributed by atoms with E-state index in [0.717, 1.165) is 35.1 Å². The van der Waals surface area contributed by atoms with E-state index >= 15 is 0 Å². The van der Waals surface area contributed by atoms with Gasteiger partial charge in [0.1, 0.15) is 12.1 Å². The fourth-order valence-corrected chi connectivity index (χ4v) is 5.50. The molecular formula is C27H30N2O5. The Balaban J connectivity index is 1.25.